The first-order valence-corrected chi connectivity index (χ1v) is 7.22. The van der Waals surface area contributed by atoms with Gasteiger partial charge in [0, 0.05) is 19.0 Å². The first-order chi connectivity index (χ1) is 8.14. The lowest BCUT2D eigenvalue weighted by Crippen LogP contribution is -2.54. The third-order valence-corrected chi connectivity index (χ3v) is 4.84. The van der Waals surface area contributed by atoms with Crippen molar-refractivity contribution in [2.45, 2.75) is 42.9 Å². The zero-order chi connectivity index (χ0) is 12.7. The molecule has 1 aliphatic rings. The van der Waals surface area contributed by atoms with Gasteiger partial charge in [-0.2, -0.15) is 11.8 Å². The molecule has 0 aromatic carbocycles. The zero-order valence-corrected chi connectivity index (χ0v) is 11.5. The molecule has 0 heterocycles. The second-order valence-corrected chi connectivity index (χ2v) is 5.98. The van der Waals surface area contributed by atoms with Crippen LogP contribution in [0.2, 0.25) is 0 Å². The van der Waals surface area contributed by atoms with Gasteiger partial charge < -0.3 is 15.2 Å². The molecule has 0 bridgehead atoms. The van der Waals surface area contributed by atoms with E-state index in [1.807, 2.05) is 11.8 Å². The maximum atomic E-state index is 11.3. The third-order valence-electron chi connectivity index (χ3n) is 3.44. The fourth-order valence-corrected chi connectivity index (χ4v) is 3.70. The highest BCUT2D eigenvalue weighted by Gasteiger charge is 2.41. The number of carbonyl (C=O) groups is 1. The van der Waals surface area contributed by atoms with Gasteiger partial charge in [-0.25, -0.2) is 0 Å². The minimum Gasteiger partial charge on any atom is -0.480 e. The predicted molar refractivity (Wildman–Crippen MR) is 70.6 cm³/mol. The number of hydrogen-bond donors (Lipinski definition) is 2. The van der Waals surface area contributed by atoms with Gasteiger partial charge in [0.1, 0.15) is 5.54 Å². The molecule has 1 rings (SSSR count). The molecular formula is C12H23NO3S. The van der Waals surface area contributed by atoms with Crippen molar-refractivity contribution in [1.29, 1.82) is 0 Å². The highest BCUT2D eigenvalue weighted by molar-refractivity contribution is 7.99. The molecule has 0 aliphatic heterocycles. The fourth-order valence-electron chi connectivity index (χ4n) is 2.35. The maximum Gasteiger partial charge on any atom is 0.323 e. The highest BCUT2D eigenvalue weighted by Crippen LogP contribution is 2.35. The number of carboxylic acid groups (broad SMARTS) is 1. The van der Waals surface area contributed by atoms with Gasteiger partial charge in [-0.05, 0) is 44.9 Å². The Kier molecular flexibility index (Phi) is 6.30. The first-order valence-electron chi connectivity index (χ1n) is 6.17. The smallest absolute Gasteiger partial charge is 0.323 e. The van der Waals surface area contributed by atoms with Crippen LogP contribution in [-0.4, -0.2) is 48.4 Å². The second kappa shape index (κ2) is 7.24. The molecular weight excluding hydrogens is 238 g/mol. The van der Waals surface area contributed by atoms with Crippen LogP contribution in [0.15, 0.2) is 0 Å². The van der Waals surface area contributed by atoms with E-state index in [9.17, 15) is 9.90 Å². The third kappa shape index (κ3) is 4.16. The van der Waals surface area contributed by atoms with Crippen LogP contribution < -0.4 is 5.32 Å². The van der Waals surface area contributed by atoms with Gasteiger partial charge in [0.2, 0.25) is 0 Å². The van der Waals surface area contributed by atoms with Gasteiger partial charge in [0.05, 0.1) is 0 Å². The summed E-state index contributed by atoms with van der Waals surface area (Å²) in [4.78, 5) is 11.3. The molecule has 2 atom stereocenters. The van der Waals surface area contributed by atoms with Gasteiger partial charge in [-0.15, -0.1) is 0 Å². The summed E-state index contributed by atoms with van der Waals surface area (Å²) < 4.78 is 5.01. The maximum absolute atomic E-state index is 11.3. The summed E-state index contributed by atoms with van der Waals surface area (Å²) in [7, 11) is 3.47. The molecule has 5 heteroatoms. The Balaban J connectivity index is 2.40. The molecule has 17 heavy (non-hydrogen) atoms. The summed E-state index contributed by atoms with van der Waals surface area (Å²) in [5.41, 5.74) is -0.697. The molecule has 0 amide bonds. The number of rotatable bonds is 7. The molecule has 1 saturated carbocycles. The fraction of sp³-hybridized carbons (Fsp3) is 0.917. The molecule has 4 nitrogen and oxygen atoms in total. The van der Waals surface area contributed by atoms with E-state index in [2.05, 4.69) is 5.32 Å². The van der Waals surface area contributed by atoms with E-state index in [1.54, 1.807) is 14.2 Å². The monoisotopic (exact) mass is 261 g/mol. The Hall–Kier alpha value is -0.260. The molecule has 0 radical (unpaired) electrons. The minimum atomic E-state index is -0.706. The largest absolute Gasteiger partial charge is 0.480 e. The minimum absolute atomic E-state index is 0.462. The van der Waals surface area contributed by atoms with Crippen LogP contribution in [0, 0.1) is 0 Å². The van der Waals surface area contributed by atoms with E-state index in [1.165, 1.54) is 0 Å². The van der Waals surface area contributed by atoms with E-state index in [0.29, 0.717) is 5.25 Å². The number of likely N-dealkylation sites (N-methyl/N-ethyl adjacent to an activating group) is 1. The zero-order valence-electron chi connectivity index (χ0n) is 10.7. The van der Waals surface area contributed by atoms with Gasteiger partial charge in [0.15, 0.2) is 0 Å². The van der Waals surface area contributed by atoms with E-state index in [4.69, 9.17) is 4.74 Å². The summed E-state index contributed by atoms with van der Waals surface area (Å²) in [5.74, 6) is 0.347. The van der Waals surface area contributed by atoms with Gasteiger partial charge in [-0.1, -0.05) is 0 Å². The van der Waals surface area contributed by atoms with Crippen molar-refractivity contribution in [3.63, 3.8) is 0 Å². The van der Waals surface area contributed by atoms with E-state index >= 15 is 0 Å². The van der Waals surface area contributed by atoms with Crippen molar-refractivity contribution >= 4 is 17.7 Å². The predicted octanol–water partition coefficient (Wildman–Crippen LogP) is 1.74. The Labute approximate surface area is 107 Å². The number of ether oxygens (including phenoxy) is 1. The Bertz CT molecular complexity index is 250. The number of methoxy groups -OCH3 is 1. The molecule has 2 N–H and O–H groups in total. The summed E-state index contributed by atoms with van der Waals surface area (Å²) >= 11 is 1.89. The van der Waals surface area contributed by atoms with Crippen LogP contribution in [0.4, 0.5) is 0 Å². The quantitative estimate of drug-likeness (QED) is 0.684. The molecule has 0 aromatic heterocycles. The molecule has 2 unspecified atom stereocenters. The Morgan fingerprint density at radius 1 is 1.65 bits per heavy atom. The van der Waals surface area contributed by atoms with Crippen molar-refractivity contribution < 1.29 is 14.6 Å². The number of hydrogen-bond acceptors (Lipinski definition) is 4. The van der Waals surface area contributed by atoms with Crippen LogP contribution in [0.25, 0.3) is 0 Å². The van der Waals surface area contributed by atoms with Gasteiger partial charge in [0.25, 0.3) is 0 Å². The van der Waals surface area contributed by atoms with Crippen molar-refractivity contribution in [2.24, 2.45) is 0 Å². The van der Waals surface area contributed by atoms with E-state index in [0.717, 1.165) is 44.5 Å². The van der Waals surface area contributed by atoms with Crippen molar-refractivity contribution in [2.75, 3.05) is 26.5 Å². The van der Waals surface area contributed by atoms with Crippen LogP contribution >= 0.6 is 11.8 Å². The van der Waals surface area contributed by atoms with Crippen LogP contribution in [0.3, 0.4) is 0 Å². The highest BCUT2D eigenvalue weighted by atomic mass is 32.2. The summed E-state index contributed by atoms with van der Waals surface area (Å²) in [6.45, 7) is 0.788. The molecule has 1 fully saturated rings. The lowest BCUT2D eigenvalue weighted by atomic mass is 9.81. The van der Waals surface area contributed by atoms with Crippen molar-refractivity contribution in [3.05, 3.63) is 0 Å². The van der Waals surface area contributed by atoms with Gasteiger partial charge in [-0.3, -0.25) is 4.79 Å². The molecule has 0 spiro atoms. The number of carboxylic acids is 1. The number of thioether (sulfide) groups is 1. The summed E-state index contributed by atoms with van der Waals surface area (Å²) in [6, 6.07) is 0. The average molecular weight is 261 g/mol. The molecule has 100 valence electrons. The van der Waals surface area contributed by atoms with Crippen molar-refractivity contribution in [1.82, 2.24) is 5.32 Å². The van der Waals surface area contributed by atoms with Crippen LogP contribution in [0.5, 0.6) is 0 Å². The lowest BCUT2D eigenvalue weighted by Gasteiger charge is -2.37. The Morgan fingerprint density at radius 3 is 3.00 bits per heavy atom. The second-order valence-electron chi connectivity index (χ2n) is 4.57. The normalized spacial score (nSPS) is 29.2. The summed E-state index contributed by atoms with van der Waals surface area (Å²) in [5, 5.41) is 12.8. The van der Waals surface area contributed by atoms with E-state index < -0.39 is 11.5 Å². The number of nitrogens with one attached hydrogen (secondary N) is 1. The molecule has 0 aromatic rings. The first kappa shape index (κ1) is 14.8. The molecule has 1 aliphatic carbocycles. The average Bonchev–Trinajstić information content (AvgIpc) is 2.34. The summed E-state index contributed by atoms with van der Waals surface area (Å²) in [6.07, 6.45) is 4.64. The van der Waals surface area contributed by atoms with Crippen LogP contribution in [-0.2, 0) is 9.53 Å². The SMILES string of the molecule is CNC1(C(=O)O)CCCC(SCCCOC)C1. The lowest BCUT2D eigenvalue weighted by molar-refractivity contribution is -0.146. The van der Waals surface area contributed by atoms with Crippen molar-refractivity contribution in [3.8, 4) is 0 Å². The molecule has 0 saturated heterocycles. The number of aliphatic carboxylic acids is 1. The standard InChI is InChI=1S/C12H23NO3S/c1-13-12(11(14)15)6-3-5-10(9-12)17-8-4-7-16-2/h10,13H,3-9H2,1-2H3,(H,14,15). The van der Waals surface area contributed by atoms with E-state index in [-0.39, 0.29) is 0 Å². The topological polar surface area (TPSA) is 58.6 Å². The van der Waals surface area contributed by atoms with Crippen LogP contribution in [0.1, 0.15) is 32.1 Å². The Morgan fingerprint density at radius 2 is 2.41 bits per heavy atom. The van der Waals surface area contributed by atoms with Gasteiger partial charge >= 0.3 is 5.97 Å².